The number of nitrogens with one attached hydrogen (secondary N) is 2. The minimum absolute atomic E-state index is 0.0315. The first kappa shape index (κ1) is 26.9. The minimum Gasteiger partial charge on any atom is -0.506 e. The molecule has 3 aromatic rings. The molecule has 186 valence electrons. The highest BCUT2D eigenvalue weighted by Crippen LogP contribution is 2.32. The van der Waals surface area contributed by atoms with Crippen LogP contribution < -0.4 is 10.6 Å². The Hall–Kier alpha value is -3.70. The number of phenols is 1. The van der Waals surface area contributed by atoms with Crippen LogP contribution in [0.4, 0.5) is 5.69 Å². The number of hydrogen-bond acceptors (Lipinski definition) is 4. The monoisotopic (exact) mass is 498 g/mol. The summed E-state index contributed by atoms with van der Waals surface area (Å²) in [5.74, 6) is -0.322. The van der Waals surface area contributed by atoms with Gasteiger partial charge in [0.1, 0.15) is 5.75 Å². The van der Waals surface area contributed by atoms with Gasteiger partial charge in [0.05, 0.1) is 5.69 Å². The summed E-state index contributed by atoms with van der Waals surface area (Å²) in [5.41, 5.74) is 6.36. The molecule has 0 radical (unpaired) electrons. The lowest BCUT2D eigenvalue weighted by Crippen LogP contribution is -2.23. The second kappa shape index (κ2) is 13.4. The summed E-state index contributed by atoms with van der Waals surface area (Å²) in [6.45, 7) is 8.37. The van der Waals surface area contributed by atoms with E-state index in [9.17, 15) is 9.90 Å². The molecule has 0 bridgehead atoms. The fourth-order valence-electron chi connectivity index (χ4n) is 3.96. The Balaban J connectivity index is 1.76. The van der Waals surface area contributed by atoms with Crippen LogP contribution in [0.25, 0.3) is 16.8 Å². The molecule has 0 fully saturated rings. The molecular weight excluding hydrogens is 464 g/mol. The average Bonchev–Trinajstić information content (AvgIpc) is 2.90. The van der Waals surface area contributed by atoms with Crippen molar-refractivity contribution in [3.05, 3.63) is 113 Å². The number of carbonyl (C=O) groups is 1. The summed E-state index contributed by atoms with van der Waals surface area (Å²) >= 11 is 4.17. The fourth-order valence-corrected chi connectivity index (χ4v) is 4.11. The molecule has 3 aromatic carbocycles. The maximum Gasteiger partial charge on any atom is 0.255 e. The molecule has 0 heterocycles. The first-order valence-corrected chi connectivity index (χ1v) is 12.7. The van der Waals surface area contributed by atoms with E-state index >= 15 is 0 Å². The molecule has 1 amide bonds. The molecule has 36 heavy (non-hydrogen) atoms. The summed E-state index contributed by atoms with van der Waals surface area (Å²) < 4.78 is 0. The van der Waals surface area contributed by atoms with Crippen molar-refractivity contribution in [2.24, 2.45) is 0 Å². The van der Waals surface area contributed by atoms with Gasteiger partial charge in [0.25, 0.3) is 5.91 Å². The van der Waals surface area contributed by atoms with Crippen LogP contribution in [0.2, 0.25) is 0 Å². The van der Waals surface area contributed by atoms with E-state index in [0.29, 0.717) is 16.9 Å². The number of thiol groups is 1. The fraction of sp³-hybridized carbons (Fsp3) is 0.194. The lowest BCUT2D eigenvalue weighted by Gasteiger charge is -2.16. The molecule has 0 aliphatic rings. The smallest absolute Gasteiger partial charge is 0.255 e. The molecule has 0 aliphatic carbocycles. The lowest BCUT2D eigenvalue weighted by atomic mass is 9.98. The van der Waals surface area contributed by atoms with Gasteiger partial charge in [-0.25, -0.2) is 0 Å². The Bertz CT molecular complexity index is 1260. The number of aromatic hydroxyl groups is 1. The number of anilines is 1. The van der Waals surface area contributed by atoms with E-state index in [0.717, 1.165) is 53.6 Å². The second-order valence-corrected chi connectivity index (χ2v) is 8.97. The molecule has 4 nitrogen and oxygen atoms in total. The number of unbranched alkanes of at least 4 members (excludes halogenated alkanes) is 2. The van der Waals surface area contributed by atoms with E-state index in [1.165, 1.54) is 6.07 Å². The van der Waals surface area contributed by atoms with Crippen molar-refractivity contribution in [1.82, 2.24) is 5.32 Å². The van der Waals surface area contributed by atoms with Gasteiger partial charge in [-0.1, -0.05) is 80.9 Å². The summed E-state index contributed by atoms with van der Waals surface area (Å²) in [4.78, 5) is 12.9. The average molecular weight is 499 g/mol. The van der Waals surface area contributed by atoms with Gasteiger partial charge < -0.3 is 15.7 Å². The van der Waals surface area contributed by atoms with Crippen molar-refractivity contribution in [2.45, 2.75) is 39.5 Å². The zero-order valence-electron chi connectivity index (χ0n) is 20.9. The van der Waals surface area contributed by atoms with Crippen LogP contribution in [0.5, 0.6) is 5.75 Å². The van der Waals surface area contributed by atoms with Gasteiger partial charge >= 0.3 is 0 Å². The Labute approximate surface area is 219 Å². The molecule has 0 aliphatic heterocycles. The molecule has 0 atom stereocenters. The number of amides is 1. The van der Waals surface area contributed by atoms with Crippen molar-refractivity contribution in [1.29, 1.82) is 0 Å². The van der Waals surface area contributed by atoms with Crippen LogP contribution in [0.1, 0.15) is 55.5 Å². The highest BCUT2D eigenvalue weighted by molar-refractivity contribution is 7.83. The van der Waals surface area contributed by atoms with Crippen molar-refractivity contribution in [3.8, 4) is 16.9 Å². The summed E-state index contributed by atoms with van der Waals surface area (Å²) in [6, 6.07) is 22.9. The molecule has 0 saturated heterocycles. The zero-order valence-corrected chi connectivity index (χ0v) is 21.8. The second-order valence-electron chi connectivity index (χ2n) is 8.67. The third kappa shape index (κ3) is 7.15. The van der Waals surface area contributed by atoms with E-state index in [1.807, 2.05) is 61.5 Å². The Morgan fingerprint density at radius 2 is 1.75 bits per heavy atom. The summed E-state index contributed by atoms with van der Waals surface area (Å²) in [7, 11) is 0. The number of hydrogen-bond donors (Lipinski definition) is 4. The standard InChI is InChI=1S/C31H34N2O2S/c1-4-5-7-12-22(2)28(19-20-36)33-31(35)25-17-18-29(30(34)21-25)32-23(3)26-15-10-11-16-27(26)24-13-8-6-9-14-24/h6,8-11,13-21,32,34,36H,3-5,7,12H2,1-2H3,(H,33,35)/b20-19-,28-22-. The zero-order chi connectivity index (χ0) is 25.9. The van der Waals surface area contributed by atoms with Crippen molar-refractivity contribution in [3.63, 3.8) is 0 Å². The van der Waals surface area contributed by atoms with E-state index in [4.69, 9.17) is 0 Å². The molecule has 3 N–H and O–H groups in total. The third-order valence-electron chi connectivity index (χ3n) is 5.99. The maximum absolute atomic E-state index is 12.9. The van der Waals surface area contributed by atoms with Gasteiger partial charge in [0.15, 0.2) is 0 Å². The van der Waals surface area contributed by atoms with Gasteiger partial charge in [-0.05, 0) is 66.1 Å². The van der Waals surface area contributed by atoms with Gasteiger partial charge in [-0.15, -0.1) is 0 Å². The van der Waals surface area contributed by atoms with Crippen LogP contribution in [-0.4, -0.2) is 11.0 Å². The quantitative estimate of drug-likeness (QED) is 0.0933. The normalized spacial score (nSPS) is 11.8. The number of rotatable bonds is 11. The third-order valence-corrected chi connectivity index (χ3v) is 6.14. The molecule has 3 rings (SSSR count). The molecule has 5 heteroatoms. The number of allylic oxidation sites excluding steroid dienone is 2. The summed E-state index contributed by atoms with van der Waals surface area (Å²) in [6.07, 6.45) is 6.04. The van der Waals surface area contributed by atoms with Crippen LogP contribution >= 0.6 is 12.6 Å². The first-order valence-electron chi connectivity index (χ1n) is 12.2. The van der Waals surface area contributed by atoms with E-state index < -0.39 is 0 Å². The molecule has 0 aromatic heterocycles. The topological polar surface area (TPSA) is 61.4 Å². The van der Waals surface area contributed by atoms with Gasteiger partial charge in [-0.3, -0.25) is 4.79 Å². The number of carbonyl (C=O) groups excluding carboxylic acids is 1. The predicted octanol–water partition coefficient (Wildman–Crippen LogP) is 8.17. The predicted molar refractivity (Wildman–Crippen MR) is 155 cm³/mol. The van der Waals surface area contributed by atoms with Crippen molar-refractivity contribution < 1.29 is 9.90 Å². The maximum atomic E-state index is 12.9. The Morgan fingerprint density at radius 3 is 2.44 bits per heavy atom. The first-order chi connectivity index (χ1) is 17.4. The molecule has 0 spiro atoms. The highest BCUT2D eigenvalue weighted by Gasteiger charge is 2.13. The van der Waals surface area contributed by atoms with Crippen LogP contribution in [0.15, 0.2) is 102 Å². The van der Waals surface area contributed by atoms with Gasteiger partial charge in [0, 0.05) is 22.5 Å². The lowest BCUT2D eigenvalue weighted by molar-refractivity contribution is 0.0966. The number of phenolic OH excluding ortho intramolecular Hbond substituents is 1. The largest absolute Gasteiger partial charge is 0.506 e. The SMILES string of the molecule is C=C(Nc1ccc(C(=O)NC(/C=C\S)=C(/C)CCCCC)cc1O)c1ccccc1-c1ccccc1. The highest BCUT2D eigenvalue weighted by atomic mass is 32.1. The molecule has 0 saturated carbocycles. The van der Waals surface area contributed by atoms with Crippen LogP contribution in [0.3, 0.4) is 0 Å². The van der Waals surface area contributed by atoms with Gasteiger partial charge in [0.2, 0.25) is 0 Å². The van der Waals surface area contributed by atoms with E-state index in [2.05, 4.69) is 36.8 Å². The van der Waals surface area contributed by atoms with Crippen LogP contribution in [0, 0.1) is 0 Å². The minimum atomic E-state index is -0.290. The number of benzene rings is 3. The van der Waals surface area contributed by atoms with E-state index in [-0.39, 0.29) is 11.7 Å². The Morgan fingerprint density at radius 1 is 1.03 bits per heavy atom. The van der Waals surface area contributed by atoms with E-state index in [1.54, 1.807) is 23.6 Å². The van der Waals surface area contributed by atoms with Crippen LogP contribution in [-0.2, 0) is 0 Å². The Kier molecular flexibility index (Phi) is 10.0. The van der Waals surface area contributed by atoms with Crippen molar-refractivity contribution in [2.75, 3.05) is 5.32 Å². The van der Waals surface area contributed by atoms with Gasteiger partial charge in [-0.2, -0.15) is 12.6 Å². The van der Waals surface area contributed by atoms with Crippen molar-refractivity contribution >= 4 is 29.9 Å². The molecule has 0 unspecified atom stereocenters. The summed E-state index contributed by atoms with van der Waals surface area (Å²) in [5, 5.41) is 18.5. The molecular formula is C31H34N2O2S.